The van der Waals surface area contributed by atoms with Crippen molar-refractivity contribution in [1.29, 1.82) is 0 Å². The lowest BCUT2D eigenvalue weighted by Crippen LogP contribution is -2.03. The van der Waals surface area contributed by atoms with E-state index in [9.17, 15) is 5.11 Å². The lowest BCUT2D eigenvalue weighted by Gasteiger charge is -2.03. The van der Waals surface area contributed by atoms with Crippen LogP contribution in [0.1, 0.15) is 19.9 Å². The van der Waals surface area contributed by atoms with E-state index in [1.165, 1.54) is 4.68 Å². The lowest BCUT2D eigenvalue weighted by molar-refractivity contribution is 0.401. The second kappa shape index (κ2) is 2.79. The molecule has 2 N–H and O–H groups in total. The van der Waals surface area contributed by atoms with E-state index in [0.717, 1.165) is 0 Å². The summed E-state index contributed by atoms with van der Waals surface area (Å²) >= 11 is 0. The zero-order chi connectivity index (χ0) is 10.3. The Morgan fingerprint density at radius 2 is 1.93 bits per heavy atom. The maximum Gasteiger partial charge on any atom is 0.319 e. The predicted octanol–water partition coefficient (Wildman–Crippen LogP) is 0.213. The van der Waals surface area contributed by atoms with Gasteiger partial charge in [0.1, 0.15) is 0 Å². The molecule has 0 radical (unpaired) electrons. The molecule has 7 nitrogen and oxygen atoms in total. The van der Waals surface area contributed by atoms with Crippen molar-refractivity contribution in [2.24, 2.45) is 0 Å². The third-order valence-electron chi connectivity index (χ3n) is 1.78. The average molecular weight is 195 g/mol. The maximum atomic E-state index is 9.32. The summed E-state index contributed by atoms with van der Waals surface area (Å²) < 4.78 is 1.50. The van der Waals surface area contributed by atoms with E-state index in [-0.39, 0.29) is 17.4 Å². The molecule has 2 aromatic rings. The third kappa shape index (κ3) is 1.13. The van der Waals surface area contributed by atoms with Gasteiger partial charge in [-0.15, -0.1) is 5.10 Å². The Bertz CT molecular complexity index is 478. The first kappa shape index (κ1) is 8.67. The highest BCUT2D eigenvalue weighted by Crippen LogP contribution is 2.22. The fourth-order valence-electron chi connectivity index (χ4n) is 1.15. The van der Waals surface area contributed by atoms with Crippen molar-refractivity contribution in [3.05, 3.63) is 0 Å². The van der Waals surface area contributed by atoms with Gasteiger partial charge in [-0.3, -0.25) is 0 Å². The Balaban J connectivity index is 2.78. The lowest BCUT2D eigenvalue weighted by atomic mass is 10.4. The summed E-state index contributed by atoms with van der Waals surface area (Å²) in [4.78, 5) is 7.10. The van der Waals surface area contributed by atoms with Crippen molar-refractivity contribution in [1.82, 2.24) is 25.0 Å². The van der Waals surface area contributed by atoms with E-state index in [1.54, 1.807) is 0 Å². The van der Waals surface area contributed by atoms with Gasteiger partial charge < -0.3 is 10.2 Å². The summed E-state index contributed by atoms with van der Waals surface area (Å²) in [6.07, 6.45) is 0. The van der Waals surface area contributed by atoms with E-state index >= 15 is 0 Å². The molecule has 0 spiro atoms. The van der Waals surface area contributed by atoms with Gasteiger partial charge in [0.05, 0.1) is 6.04 Å². The van der Waals surface area contributed by atoms with Crippen LogP contribution in [0.4, 0.5) is 0 Å². The van der Waals surface area contributed by atoms with Crippen LogP contribution in [0.2, 0.25) is 0 Å². The number of aromatic hydroxyl groups is 2. The molecule has 2 rings (SSSR count). The van der Waals surface area contributed by atoms with E-state index < -0.39 is 6.01 Å². The molecular weight excluding hydrogens is 186 g/mol. The topological polar surface area (TPSA) is 97.0 Å². The number of nitrogens with zero attached hydrogens (tertiary/aromatic N) is 5. The van der Waals surface area contributed by atoms with Crippen LogP contribution in [0.3, 0.4) is 0 Å². The number of hydrogen-bond donors (Lipinski definition) is 2. The van der Waals surface area contributed by atoms with Crippen molar-refractivity contribution < 1.29 is 10.2 Å². The van der Waals surface area contributed by atoms with Gasteiger partial charge in [0.25, 0.3) is 0 Å². The van der Waals surface area contributed by atoms with Gasteiger partial charge in [0, 0.05) is 0 Å². The summed E-state index contributed by atoms with van der Waals surface area (Å²) in [5.41, 5.74) is 0.515. The molecule has 0 amide bonds. The van der Waals surface area contributed by atoms with Gasteiger partial charge in [0.15, 0.2) is 11.2 Å². The van der Waals surface area contributed by atoms with Crippen molar-refractivity contribution in [2.75, 3.05) is 0 Å². The van der Waals surface area contributed by atoms with Crippen molar-refractivity contribution in [3.63, 3.8) is 0 Å². The summed E-state index contributed by atoms with van der Waals surface area (Å²) in [7, 11) is 0. The van der Waals surface area contributed by atoms with Crippen molar-refractivity contribution in [3.8, 4) is 11.9 Å². The van der Waals surface area contributed by atoms with Gasteiger partial charge in [0.2, 0.25) is 5.88 Å². The number of fused-ring (bicyclic) bond motifs is 1. The summed E-state index contributed by atoms with van der Waals surface area (Å²) in [5.74, 6) is -0.362. The normalized spacial score (nSPS) is 11.4. The second-order valence-corrected chi connectivity index (χ2v) is 3.15. The molecule has 2 heterocycles. The first-order chi connectivity index (χ1) is 6.59. The maximum absolute atomic E-state index is 9.32. The first-order valence-electron chi connectivity index (χ1n) is 4.10. The number of hydrogen-bond acceptors (Lipinski definition) is 6. The SMILES string of the molecule is CC(C)n1nnc2c(O)nc(O)nc21. The Hall–Kier alpha value is -1.92. The fraction of sp³-hybridized carbons (Fsp3) is 0.429. The Morgan fingerprint density at radius 1 is 1.21 bits per heavy atom. The van der Waals surface area contributed by atoms with Crippen LogP contribution in [0, 0.1) is 0 Å². The monoisotopic (exact) mass is 195 g/mol. The average Bonchev–Trinajstić information content (AvgIpc) is 2.47. The third-order valence-corrected chi connectivity index (χ3v) is 1.78. The molecule has 0 bridgehead atoms. The summed E-state index contributed by atoms with van der Waals surface area (Å²) in [6.45, 7) is 3.79. The van der Waals surface area contributed by atoms with Crippen molar-refractivity contribution >= 4 is 11.2 Å². The number of rotatable bonds is 1. The molecule has 0 aliphatic heterocycles. The minimum Gasteiger partial charge on any atom is -0.491 e. The van der Waals surface area contributed by atoms with Crippen LogP contribution >= 0.6 is 0 Å². The summed E-state index contributed by atoms with van der Waals surface area (Å²) in [6, 6.07) is -0.437. The number of aromatic nitrogens is 5. The van der Waals surface area contributed by atoms with E-state index in [4.69, 9.17) is 5.11 Å². The van der Waals surface area contributed by atoms with E-state index in [2.05, 4.69) is 20.3 Å². The quantitative estimate of drug-likeness (QED) is 0.675. The molecule has 14 heavy (non-hydrogen) atoms. The molecule has 0 aromatic carbocycles. The Kier molecular flexibility index (Phi) is 1.73. The minimum atomic E-state index is -0.487. The molecule has 0 saturated carbocycles. The van der Waals surface area contributed by atoms with E-state index in [0.29, 0.717) is 5.65 Å². The molecule has 2 aromatic heterocycles. The van der Waals surface area contributed by atoms with Gasteiger partial charge in [-0.05, 0) is 13.8 Å². The Labute approximate surface area is 79.0 Å². The van der Waals surface area contributed by atoms with Crippen molar-refractivity contribution in [2.45, 2.75) is 19.9 Å². The zero-order valence-corrected chi connectivity index (χ0v) is 7.71. The minimum absolute atomic E-state index is 0.0497. The van der Waals surface area contributed by atoms with Crippen LogP contribution in [-0.4, -0.2) is 35.2 Å². The highest BCUT2D eigenvalue weighted by atomic mass is 16.3. The fourth-order valence-corrected chi connectivity index (χ4v) is 1.15. The van der Waals surface area contributed by atoms with E-state index in [1.807, 2.05) is 13.8 Å². The molecule has 0 aliphatic carbocycles. The molecule has 7 heteroatoms. The van der Waals surface area contributed by atoms with Crippen LogP contribution < -0.4 is 0 Å². The standard InChI is InChI=1S/C7H9N5O2/c1-3(2)12-5-4(10-11-12)6(13)9-7(14)8-5/h3H,1-2H3,(H2,8,9,13,14). The smallest absolute Gasteiger partial charge is 0.319 e. The molecule has 0 saturated heterocycles. The largest absolute Gasteiger partial charge is 0.491 e. The van der Waals surface area contributed by atoms with Crippen LogP contribution in [0.15, 0.2) is 0 Å². The van der Waals surface area contributed by atoms with Gasteiger partial charge >= 0.3 is 6.01 Å². The molecule has 0 aliphatic rings. The van der Waals surface area contributed by atoms with Crippen LogP contribution in [-0.2, 0) is 0 Å². The second-order valence-electron chi connectivity index (χ2n) is 3.15. The predicted molar refractivity (Wildman–Crippen MR) is 46.8 cm³/mol. The Morgan fingerprint density at radius 3 is 2.57 bits per heavy atom. The molecule has 0 unspecified atom stereocenters. The zero-order valence-electron chi connectivity index (χ0n) is 7.71. The van der Waals surface area contributed by atoms with Gasteiger partial charge in [-0.1, -0.05) is 5.21 Å². The first-order valence-corrected chi connectivity index (χ1v) is 4.10. The van der Waals surface area contributed by atoms with Gasteiger partial charge in [-0.2, -0.15) is 9.97 Å². The van der Waals surface area contributed by atoms with Crippen LogP contribution in [0.25, 0.3) is 11.2 Å². The highest BCUT2D eigenvalue weighted by Gasteiger charge is 2.14. The van der Waals surface area contributed by atoms with Crippen LogP contribution in [0.5, 0.6) is 11.9 Å². The van der Waals surface area contributed by atoms with Gasteiger partial charge in [-0.25, -0.2) is 4.68 Å². The highest BCUT2D eigenvalue weighted by molar-refractivity contribution is 5.75. The molecule has 0 fully saturated rings. The molecule has 0 atom stereocenters. The molecule has 74 valence electrons. The molecular formula is C7H9N5O2. The summed E-state index contributed by atoms with van der Waals surface area (Å²) in [5, 5.41) is 25.9.